The topological polar surface area (TPSA) is 109 Å². The van der Waals surface area contributed by atoms with Crippen molar-refractivity contribution < 1.29 is 20.4 Å². The summed E-state index contributed by atoms with van der Waals surface area (Å²) in [6, 6.07) is 5.92. The molecule has 0 fully saturated rings. The van der Waals surface area contributed by atoms with Gasteiger partial charge in [-0.15, -0.1) is 0 Å². The van der Waals surface area contributed by atoms with E-state index in [1.165, 1.54) is 24.3 Å². The number of hydrogen-bond donors (Lipinski definition) is 6. The number of aromatic nitrogens is 1. The molecule has 0 bridgehead atoms. The number of anilines is 1. The molecular formula is C16H16N2O4. The van der Waals surface area contributed by atoms with Gasteiger partial charge in [0.15, 0.2) is 23.0 Å². The molecule has 0 atom stereocenters. The minimum absolute atomic E-state index is 0.181. The maximum absolute atomic E-state index is 9.68. The molecule has 0 spiro atoms. The van der Waals surface area contributed by atoms with Gasteiger partial charge in [-0.2, -0.15) is 0 Å². The van der Waals surface area contributed by atoms with E-state index in [4.69, 9.17) is 0 Å². The Bertz CT molecular complexity index is 855. The van der Waals surface area contributed by atoms with Crippen LogP contribution >= 0.6 is 0 Å². The van der Waals surface area contributed by atoms with E-state index in [-0.39, 0.29) is 23.0 Å². The maximum atomic E-state index is 9.68. The van der Waals surface area contributed by atoms with Crippen LogP contribution in [0.3, 0.4) is 0 Å². The number of nitrogens with one attached hydrogen (secondary N) is 2. The minimum atomic E-state index is -0.186. The van der Waals surface area contributed by atoms with Crippen LogP contribution in [0, 0.1) is 0 Å². The van der Waals surface area contributed by atoms with Gasteiger partial charge in [0.25, 0.3) is 0 Å². The van der Waals surface area contributed by atoms with Gasteiger partial charge in [-0.05, 0) is 23.3 Å². The van der Waals surface area contributed by atoms with Crippen molar-refractivity contribution in [1.29, 1.82) is 0 Å². The fourth-order valence-electron chi connectivity index (χ4n) is 2.56. The minimum Gasteiger partial charge on any atom is -0.504 e. The van der Waals surface area contributed by atoms with Crippen molar-refractivity contribution in [3.8, 4) is 23.0 Å². The number of H-pyrrole nitrogens is 1. The van der Waals surface area contributed by atoms with Crippen LogP contribution in [0.1, 0.15) is 11.1 Å². The average molecular weight is 300 g/mol. The first kappa shape index (κ1) is 13.9. The molecule has 0 saturated heterocycles. The van der Waals surface area contributed by atoms with E-state index in [1.54, 1.807) is 13.2 Å². The predicted molar refractivity (Wildman–Crippen MR) is 83.8 cm³/mol. The molecule has 1 aromatic heterocycles. The van der Waals surface area contributed by atoms with Gasteiger partial charge < -0.3 is 30.7 Å². The molecule has 0 radical (unpaired) electrons. The first-order valence-corrected chi connectivity index (χ1v) is 6.74. The third kappa shape index (κ3) is 2.24. The maximum Gasteiger partial charge on any atom is 0.159 e. The molecule has 114 valence electrons. The molecule has 1 heterocycles. The fraction of sp³-hybridized carbons (Fsp3) is 0.125. The van der Waals surface area contributed by atoms with Crippen LogP contribution < -0.4 is 5.32 Å². The van der Waals surface area contributed by atoms with E-state index in [1.807, 2.05) is 0 Å². The molecule has 0 aliphatic heterocycles. The molecule has 3 rings (SSSR count). The number of fused-ring (bicyclic) bond motifs is 1. The second-order valence-electron chi connectivity index (χ2n) is 5.13. The fourth-order valence-corrected chi connectivity index (χ4v) is 2.56. The zero-order valence-electron chi connectivity index (χ0n) is 11.9. The van der Waals surface area contributed by atoms with Gasteiger partial charge in [-0.3, -0.25) is 0 Å². The van der Waals surface area contributed by atoms with Crippen molar-refractivity contribution >= 4 is 16.6 Å². The lowest BCUT2D eigenvalue weighted by Gasteiger charge is -2.11. The van der Waals surface area contributed by atoms with E-state index in [2.05, 4.69) is 10.3 Å². The van der Waals surface area contributed by atoms with Crippen molar-refractivity contribution in [1.82, 2.24) is 4.98 Å². The third-order valence-corrected chi connectivity index (χ3v) is 3.71. The molecule has 6 nitrogen and oxygen atoms in total. The van der Waals surface area contributed by atoms with Crippen LogP contribution in [0.2, 0.25) is 0 Å². The quantitative estimate of drug-likeness (QED) is 0.329. The van der Waals surface area contributed by atoms with Gasteiger partial charge >= 0.3 is 0 Å². The summed E-state index contributed by atoms with van der Waals surface area (Å²) in [6.07, 6.45) is 2.26. The zero-order valence-corrected chi connectivity index (χ0v) is 11.9. The monoisotopic (exact) mass is 300 g/mol. The van der Waals surface area contributed by atoms with Gasteiger partial charge in [0.1, 0.15) is 0 Å². The molecule has 3 aromatic rings. The van der Waals surface area contributed by atoms with Crippen molar-refractivity contribution in [2.24, 2.45) is 0 Å². The highest BCUT2D eigenvalue weighted by molar-refractivity contribution is 5.87. The smallest absolute Gasteiger partial charge is 0.159 e. The summed E-state index contributed by atoms with van der Waals surface area (Å²) >= 11 is 0. The van der Waals surface area contributed by atoms with Crippen LogP contribution in [-0.2, 0) is 6.42 Å². The number of phenolic OH excluding ortho intramolecular Hbond substituents is 4. The summed E-state index contributed by atoms with van der Waals surface area (Å²) in [7, 11) is 1.73. The number of rotatable bonds is 3. The van der Waals surface area contributed by atoms with Crippen molar-refractivity contribution in [3.63, 3.8) is 0 Å². The Hall–Kier alpha value is -3.02. The van der Waals surface area contributed by atoms with Crippen LogP contribution in [0.5, 0.6) is 23.0 Å². The number of hydrogen-bond acceptors (Lipinski definition) is 5. The van der Waals surface area contributed by atoms with E-state index >= 15 is 0 Å². The van der Waals surface area contributed by atoms with Gasteiger partial charge in [-0.25, -0.2) is 0 Å². The van der Waals surface area contributed by atoms with Crippen LogP contribution in [0.15, 0.2) is 30.5 Å². The Labute approximate surface area is 126 Å². The van der Waals surface area contributed by atoms with Gasteiger partial charge in [0.05, 0.1) is 0 Å². The van der Waals surface area contributed by atoms with Crippen molar-refractivity contribution in [3.05, 3.63) is 41.6 Å². The summed E-state index contributed by atoms with van der Waals surface area (Å²) in [4.78, 5) is 3.04. The summed E-state index contributed by atoms with van der Waals surface area (Å²) in [5, 5.41) is 42.2. The lowest BCUT2D eigenvalue weighted by Crippen LogP contribution is -1.96. The Kier molecular flexibility index (Phi) is 3.21. The van der Waals surface area contributed by atoms with Gasteiger partial charge in [-0.1, -0.05) is 0 Å². The molecule has 0 aliphatic carbocycles. The highest BCUT2D eigenvalue weighted by Gasteiger charge is 2.13. The Morgan fingerprint density at radius 1 is 0.864 bits per heavy atom. The highest BCUT2D eigenvalue weighted by atomic mass is 16.3. The molecule has 6 N–H and O–H groups in total. The second kappa shape index (κ2) is 5.07. The molecule has 0 aliphatic rings. The largest absolute Gasteiger partial charge is 0.504 e. The molecule has 6 heteroatoms. The summed E-state index contributed by atoms with van der Waals surface area (Å²) in [6.45, 7) is 0. The standard InChI is InChI=1S/C16H16N2O4/c1-17-11-5-15(21)13(19)3-8(11)2-9-7-18-12-6-16(22)14(20)4-10(9)12/h3-7,17-22H,2H2,1H3. The van der Waals surface area contributed by atoms with E-state index < -0.39 is 0 Å². The first-order chi connectivity index (χ1) is 10.5. The molecule has 0 amide bonds. The lowest BCUT2D eigenvalue weighted by atomic mass is 10.0. The van der Waals surface area contributed by atoms with E-state index in [0.717, 1.165) is 16.5 Å². The van der Waals surface area contributed by atoms with Crippen LogP contribution in [0.25, 0.3) is 10.9 Å². The summed E-state index contributed by atoms with van der Waals surface area (Å²) in [5.41, 5.74) is 3.10. The number of aromatic hydroxyl groups is 4. The number of phenols is 4. The molecule has 2 aromatic carbocycles. The predicted octanol–water partition coefficient (Wildman–Crippen LogP) is 2.62. The average Bonchev–Trinajstić information content (AvgIpc) is 2.85. The molecule has 0 unspecified atom stereocenters. The SMILES string of the molecule is CNc1cc(O)c(O)cc1Cc1c[nH]c2cc(O)c(O)cc12. The van der Waals surface area contributed by atoms with Crippen LogP contribution in [0.4, 0.5) is 5.69 Å². The number of benzene rings is 2. The Morgan fingerprint density at radius 2 is 1.50 bits per heavy atom. The molecule has 0 saturated carbocycles. The lowest BCUT2D eigenvalue weighted by molar-refractivity contribution is 0.403. The molecular weight excluding hydrogens is 284 g/mol. The van der Waals surface area contributed by atoms with Crippen molar-refractivity contribution in [2.75, 3.05) is 12.4 Å². The van der Waals surface area contributed by atoms with E-state index in [9.17, 15) is 20.4 Å². The summed E-state index contributed by atoms with van der Waals surface area (Å²) in [5.74, 6) is -0.737. The van der Waals surface area contributed by atoms with E-state index in [0.29, 0.717) is 17.6 Å². The first-order valence-electron chi connectivity index (χ1n) is 6.74. The zero-order chi connectivity index (χ0) is 15.9. The normalized spacial score (nSPS) is 11.0. The summed E-state index contributed by atoms with van der Waals surface area (Å²) < 4.78 is 0. The number of aromatic amines is 1. The Morgan fingerprint density at radius 3 is 2.23 bits per heavy atom. The van der Waals surface area contributed by atoms with Crippen molar-refractivity contribution in [2.45, 2.75) is 6.42 Å². The second-order valence-corrected chi connectivity index (χ2v) is 5.13. The third-order valence-electron chi connectivity index (χ3n) is 3.71. The van der Waals surface area contributed by atoms with Gasteiger partial charge in [0.2, 0.25) is 0 Å². The molecule has 22 heavy (non-hydrogen) atoms. The van der Waals surface area contributed by atoms with Crippen LogP contribution in [-0.4, -0.2) is 32.5 Å². The Balaban J connectivity index is 2.07. The highest BCUT2D eigenvalue weighted by Crippen LogP contribution is 2.35. The van der Waals surface area contributed by atoms with Gasteiger partial charge in [0, 0.05) is 48.4 Å².